The summed E-state index contributed by atoms with van der Waals surface area (Å²) in [7, 11) is 1.08. The van der Waals surface area contributed by atoms with E-state index in [9.17, 15) is 0 Å². The van der Waals surface area contributed by atoms with Gasteiger partial charge in [0.25, 0.3) is 0 Å². The van der Waals surface area contributed by atoms with Crippen molar-refractivity contribution < 1.29 is 26.2 Å². The van der Waals surface area contributed by atoms with E-state index in [0.717, 1.165) is 9.52 Å². The van der Waals surface area contributed by atoms with Gasteiger partial charge in [0.05, 0.1) is 0 Å². The van der Waals surface area contributed by atoms with Gasteiger partial charge in [0.1, 0.15) is 0 Å². The summed E-state index contributed by atoms with van der Waals surface area (Å²) in [6.45, 7) is 4.31. The van der Waals surface area contributed by atoms with Crippen LogP contribution in [0.5, 0.6) is 0 Å². The molecular formula is C33H27SiZr-. The SMILES string of the molecule is C1=CC(c2ccc3c([cH-]c4ccccc43)c2C2C=Cc3ccccc32)c2ccccc21.C[Si]C.[Zr]. The number of fused-ring (bicyclic) bond motifs is 5. The van der Waals surface area contributed by atoms with E-state index in [2.05, 4.69) is 128 Å². The Bertz CT molecular complexity index is 1570. The van der Waals surface area contributed by atoms with Crippen LogP contribution in [-0.2, 0) is 26.2 Å². The smallest absolute Gasteiger partial charge is 0.0307 e. The maximum Gasteiger partial charge on any atom is 0.0307 e. The van der Waals surface area contributed by atoms with Crippen LogP contribution in [0.25, 0.3) is 33.7 Å². The Kier molecular flexibility index (Phi) is 6.96. The van der Waals surface area contributed by atoms with E-state index in [1.54, 1.807) is 0 Å². The summed E-state index contributed by atoms with van der Waals surface area (Å²) >= 11 is 0. The first-order chi connectivity index (χ1) is 16.8. The zero-order valence-electron chi connectivity index (χ0n) is 20.1. The largest absolute Gasteiger partial charge is 0.126 e. The topological polar surface area (TPSA) is 0 Å². The van der Waals surface area contributed by atoms with Crippen LogP contribution < -0.4 is 0 Å². The normalized spacial score (nSPS) is 17.1. The first kappa shape index (κ1) is 24.0. The van der Waals surface area contributed by atoms with Gasteiger partial charge in [-0.3, -0.25) is 0 Å². The van der Waals surface area contributed by atoms with Crippen molar-refractivity contribution in [1.29, 1.82) is 0 Å². The predicted molar refractivity (Wildman–Crippen MR) is 149 cm³/mol. The van der Waals surface area contributed by atoms with Gasteiger partial charge in [0.15, 0.2) is 0 Å². The summed E-state index contributed by atoms with van der Waals surface area (Å²) in [5.74, 6) is 0.586. The molecule has 0 fully saturated rings. The van der Waals surface area contributed by atoms with Crippen LogP contribution >= 0.6 is 0 Å². The fourth-order valence-corrected chi connectivity index (χ4v) is 5.71. The van der Waals surface area contributed by atoms with Crippen molar-refractivity contribution in [3.05, 3.63) is 137 Å². The number of hydrogen-bond acceptors (Lipinski definition) is 0. The predicted octanol–water partition coefficient (Wildman–Crippen LogP) is 8.81. The third-order valence-electron chi connectivity index (χ3n) is 7.12. The summed E-state index contributed by atoms with van der Waals surface area (Å²) in [4.78, 5) is 0. The Morgan fingerprint density at radius 1 is 0.600 bits per heavy atom. The molecule has 0 bridgehead atoms. The van der Waals surface area contributed by atoms with Gasteiger partial charge in [-0.2, -0.15) is 0 Å². The molecule has 0 saturated heterocycles. The van der Waals surface area contributed by atoms with Gasteiger partial charge in [0, 0.05) is 47.6 Å². The molecule has 0 saturated carbocycles. The molecule has 2 unspecified atom stereocenters. The molecule has 2 heteroatoms. The minimum atomic E-state index is 0. The van der Waals surface area contributed by atoms with Crippen molar-refractivity contribution in [3.8, 4) is 0 Å². The van der Waals surface area contributed by atoms with Crippen LogP contribution in [0.1, 0.15) is 45.2 Å². The Labute approximate surface area is 229 Å². The Morgan fingerprint density at radius 2 is 1.17 bits per heavy atom. The molecule has 0 amide bonds. The van der Waals surface area contributed by atoms with Gasteiger partial charge in [0.2, 0.25) is 0 Å². The number of benzene rings is 4. The molecule has 2 aliphatic rings. The Morgan fingerprint density at radius 3 is 1.89 bits per heavy atom. The second-order valence-electron chi connectivity index (χ2n) is 9.19. The molecule has 0 nitrogen and oxygen atoms in total. The Balaban J connectivity index is 0.000000605. The fourth-order valence-electron chi connectivity index (χ4n) is 5.71. The summed E-state index contributed by atoms with van der Waals surface area (Å²) in [6, 6.07) is 33.6. The molecule has 5 aromatic carbocycles. The summed E-state index contributed by atoms with van der Waals surface area (Å²) < 4.78 is 0. The van der Waals surface area contributed by atoms with E-state index in [0.29, 0.717) is 5.92 Å². The van der Waals surface area contributed by atoms with Gasteiger partial charge in [-0.25, -0.2) is 0 Å². The van der Waals surface area contributed by atoms with E-state index in [-0.39, 0.29) is 32.1 Å². The molecule has 5 aromatic rings. The molecule has 35 heavy (non-hydrogen) atoms. The maximum atomic E-state index is 2.41. The molecule has 0 aliphatic heterocycles. The maximum absolute atomic E-state index is 2.41. The van der Waals surface area contributed by atoms with Gasteiger partial charge in [-0.1, -0.05) is 127 Å². The number of allylic oxidation sites excluding steroid dienone is 2. The molecule has 0 N–H and O–H groups in total. The molecule has 2 atom stereocenters. The summed E-state index contributed by atoms with van der Waals surface area (Å²) in [5.41, 5.74) is 8.39. The van der Waals surface area contributed by atoms with Crippen LogP contribution in [0.2, 0.25) is 13.1 Å². The second kappa shape index (κ2) is 10.1. The first-order valence-electron chi connectivity index (χ1n) is 12.0. The van der Waals surface area contributed by atoms with Crippen molar-refractivity contribution >= 4 is 43.2 Å². The molecular weight excluding hydrogens is 516 g/mol. The van der Waals surface area contributed by atoms with Gasteiger partial charge in [-0.15, -0.1) is 33.7 Å². The fraction of sp³-hybridized carbons (Fsp3) is 0.121. The van der Waals surface area contributed by atoms with E-state index >= 15 is 0 Å². The summed E-state index contributed by atoms with van der Waals surface area (Å²) in [6.07, 6.45) is 9.35. The van der Waals surface area contributed by atoms with E-state index in [4.69, 9.17) is 0 Å². The minimum absolute atomic E-state index is 0. The van der Waals surface area contributed by atoms with Crippen LogP contribution in [0, 0.1) is 0 Å². The van der Waals surface area contributed by atoms with Crippen LogP contribution in [-0.4, -0.2) is 9.52 Å². The van der Waals surface area contributed by atoms with Crippen LogP contribution in [0.4, 0.5) is 0 Å². The van der Waals surface area contributed by atoms with Gasteiger partial charge >= 0.3 is 0 Å². The van der Waals surface area contributed by atoms with Crippen LogP contribution in [0.15, 0.2) is 103 Å². The standard InChI is InChI=1S/C31H21.C2H6Si.Zr/c1-4-10-23-20(7-1)13-15-26(23)29-18-17-27-25-12-6-3-9-22(25)19-30(27)31(29)28-16-14-21-8-2-5-11-24(21)28;1-3-2;/h1-19,26,28H;1-2H3;/q-1;;. The first-order valence-corrected chi connectivity index (χ1v) is 14.0. The van der Waals surface area contributed by atoms with E-state index < -0.39 is 0 Å². The van der Waals surface area contributed by atoms with Crippen molar-refractivity contribution in [2.24, 2.45) is 0 Å². The third-order valence-corrected chi connectivity index (χ3v) is 7.12. The number of rotatable bonds is 2. The monoisotopic (exact) mass is 541 g/mol. The van der Waals surface area contributed by atoms with E-state index in [1.165, 1.54) is 54.9 Å². The van der Waals surface area contributed by atoms with Crippen molar-refractivity contribution in [1.82, 2.24) is 0 Å². The van der Waals surface area contributed by atoms with Crippen molar-refractivity contribution in [2.75, 3.05) is 0 Å². The van der Waals surface area contributed by atoms with Gasteiger partial charge in [-0.05, 0) is 22.3 Å². The summed E-state index contributed by atoms with van der Waals surface area (Å²) in [5, 5.41) is 5.43. The molecule has 7 rings (SSSR count). The quantitative estimate of drug-likeness (QED) is 0.154. The second-order valence-corrected chi connectivity index (χ2v) is 10.2. The molecule has 168 valence electrons. The number of hydrogen-bond donors (Lipinski definition) is 0. The molecule has 0 heterocycles. The zero-order valence-corrected chi connectivity index (χ0v) is 23.6. The minimum Gasteiger partial charge on any atom is -0.126 e. The zero-order chi connectivity index (χ0) is 23.1. The van der Waals surface area contributed by atoms with Crippen molar-refractivity contribution in [2.45, 2.75) is 24.9 Å². The average Bonchev–Trinajstić information content (AvgIpc) is 3.59. The molecule has 2 radical (unpaired) electrons. The molecule has 2 aliphatic carbocycles. The van der Waals surface area contributed by atoms with Crippen LogP contribution in [0.3, 0.4) is 0 Å². The van der Waals surface area contributed by atoms with E-state index in [1.807, 2.05) is 0 Å². The third kappa shape index (κ3) is 4.07. The van der Waals surface area contributed by atoms with Gasteiger partial charge < -0.3 is 0 Å². The molecule has 0 aromatic heterocycles. The van der Waals surface area contributed by atoms with Crippen molar-refractivity contribution in [3.63, 3.8) is 0 Å². The molecule has 0 spiro atoms. The Hall–Kier alpha value is -2.67. The average molecular weight is 543 g/mol.